The highest BCUT2D eigenvalue weighted by Gasteiger charge is 2.01. The van der Waals surface area contributed by atoms with Gasteiger partial charge in [0.2, 0.25) is 0 Å². The van der Waals surface area contributed by atoms with Gasteiger partial charge in [0.25, 0.3) is 0 Å². The molecule has 0 aliphatic rings. The van der Waals surface area contributed by atoms with E-state index in [9.17, 15) is 5.11 Å². The summed E-state index contributed by atoms with van der Waals surface area (Å²) in [5.74, 6) is 0.666. The zero-order chi connectivity index (χ0) is 12.8. The normalized spacial score (nSPS) is 10.5. The number of hydrogen-bond acceptors (Lipinski definition) is 4. The summed E-state index contributed by atoms with van der Waals surface area (Å²) in [5.41, 5.74) is 1.02. The molecule has 0 bridgehead atoms. The Morgan fingerprint density at radius 1 is 1.44 bits per heavy atom. The Bertz CT molecular complexity index is 483. The molecular formula is C13H17N3O2. The minimum absolute atomic E-state index is 0.170. The lowest BCUT2D eigenvalue weighted by Gasteiger charge is -2.08. The van der Waals surface area contributed by atoms with Crippen molar-refractivity contribution in [3.63, 3.8) is 0 Å². The van der Waals surface area contributed by atoms with Crippen LogP contribution in [0.5, 0.6) is 11.5 Å². The van der Waals surface area contributed by atoms with E-state index in [2.05, 4.69) is 10.4 Å². The second-order valence-corrected chi connectivity index (χ2v) is 3.95. The number of nitrogens with zero attached hydrogens (tertiary/aromatic N) is 2. The summed E-state index contributed by atoms with van der Waals surface area (Å²) in [4.78, 5) is 0. The Kier molecular flexibility index (Phi) is 4.20. The van der Waals surface area contributed by atoms with Gasteiger partial charge < -0.3 is 15.2 Å². The molecule has 0 spiro atoms. The van der Waals surface area contributed by atoms with Crippen molar-refractivity contribution in [1.82, 2.24) is 15.1 Å². The molecule has 0 aliphatic carbocycles. The first-order chi connectivity index (χ1) is 8.79. The van der Waals surface area contributed by atoms with Gasteiger partial charge in [-0.2, -0.15) is 5.10 Å². The Balaban J connectivity index is 1.78. The number of benzene rings is 1. The lowest BCUT2D eigenvalue weighted by Crippen LogP contribution is -2.19. The van der Waals surface area contributed by atoms with Gasteiger partial charge in [-0.3, -0.25) is 4.68 Å². The molecule has 5 heteroatoms. The highest BCUT2D eigenvalue weighted by Crippen LogP contribution is 2.25. The van der Waals surface area contributed by atoms with Gasteiger partial charge in [0.1, 0.15) is 0 Å². The number of aromatic nitrogens is 2. The molecule has 0 aliphatic heterocycles. The lowest BCUT2D eigenvalue weighted by atomic mass is 10.2. The number of aromatic hydroxyl groups is 1. The van der Waals surface area contributed by atoms with Crippen LogP contribution >= 0.6 is 0 Å². The fraction of sp³-hybridized carbons (Fsp3) is 0.308. The van der Waals surface area contributed by atoms with Crippen molar-refractivity contribution >= 4 is 0 Å². The Hall–Kier alpha value is -2.01. The predicted octanol–water partition coefficient (Wildman–Crippen LogP) is 1.39. The quantitative estimate of drug-likeness (QED) is 0.757. The highest BCUT2D eigenvalue weighted by molar-refractivity contribution is 5.41. The van der Waals surface area contributed by atoms with Gasteiger partial charge in [-0.15, -0.1) is 0 Å². The van der Waals surface area contributed by atoms with Crippen LogP contribution in [0, 0.1) is 0 Å². The van der Waals surface area contributed by atoms with Gasteiger partial charge in [-0.1, -0.05) is 6.07 Å². The maximum Gasteiger partial charge on any atom is 0.160 e. The number of nitrogens with one attached hydrogen (secondary N) is 1. The molecule has 0 saturated heterocycles. The number of ether oxygens (including phenoxy) is 1. The molecule has 2 N–H and O–H groups in total. The van der Waals surface area contributed by atoms with Crippen LogP contribution in [-0.4, -0.2) is 28.5 Å². The Morgan fingerprint density at radius 3 is 3.00 bits per heavy atom. The fourth-order valence-electron chi connectivity index (χ4n) is 1.70. The minimum atomic E-state index is 0.170. The van der Waals surface area contributed by atoms with E-state index >= 15 is 0 Å². The highest BCUT2D eigenvalue weighted by atomic mass is 16.5. The molecular weight excluding hydrogens is 230 g/mol. The van der Waals surface area contributed by atoms with E-state index in [0.29, 0.717) is 12.3 Å². The number of hydrogen-bond donors (Lipinski definition) is 2. The SMILES string of the molecule is COc1ccc(CNCCn2cccn2)cc1O. The molecule has 0 unspecified atom stereocenters. The van der Waals surface area contributed by atoms with Crippen LogP contribution in [0.15, 0.2) is 36.7 Å². The van der Waals surface area contributed by atoms with E-state index < -0.39 is 0 Å². The molecule has 0 fully saturated rings. The molecule has 18 heavy (non-hydrogen) atoms. The van der Waals surface area contributed by atoms with E-state index in [1.807, 2.05) is 23.0 Å². The summed E-state index contributed by atoms with van der Waals surface area (Å²) in [5, 5.41) is 17.0. The number of phenols is 1. The molecule has 1 heterocycles. The molecule has 96 valence electrons. The third kappa shape index (κ3) is 3.24. The van der Waals surface area contributed by atoms with Gasteiger partial charge in [0, 0.05) is 25.5 Å². The van der Waals surface area contributed by atoms with Gasteiger partial charge in [-0.25, -0.2) is 0 Å². The number of phenolic OH excluding ortho intramolecular Hbond substituents is 1. The maximum absolute atomic E-state index is 9.63. The van der Waals surface area contributed by atoms with Crippen LogP contribution in [0.2, 0.25) is 0 Å². The predicted molar refractivity (Wildman–Crippen MR) is 68.6 cm³/mol. The van der Waals surface area contributed by atoms with E-state index in [1.165, 1.54) is 7.11 Å². The van der Waals surface area contributed by atoms with E-state index in [1.54, 1.807) is 18.3 Å². The van der Waals surface area contributed by atoms with Crippen LogP contribution in [-0.2, 0) is 13.1 Å². The fourth-order valence-corrected chi connectivity index (χ4v) is 1.70. The van der Waals surface area contributed by atoms with E-state index in [4.69, 9.17) is 4.74 Å². The van der Waals surface area contributed by atoms with Gasteiger partial charge >= 0.3 is 0 Å². The third-order valence-electron chi connectivity index (χ3n) is 2.65. The van der Waals surface area contributed by atoms with Crippen molar-refractivity contribution < 1.29 is 9.84 Å². The second-order valence-electron chi connectivity index (χ2n) is 3.95. The molecule has 1 aromatic carbocycles. The van der Waals surface area contributed by atoms with Crippen molar-refractivity contribution in [3.05, 3.63) is 42.2 Å². The van der Waals surface area contributed by atoms with Crippen molar-refractivity contribution in [2.75, 3.05) is 13.7 Å². The summed E-state index contributed by atoms with van der Waals surface area (Å²) in [6.45, 7) is 2.36. The Morgan fingerprint density at radius 2 is 2.33 bits per heavy atom. The van der Waals surface area contributed by atoms with Gasteiger partial charge in [0.15, 0.2) is 11.5 Å². The van der Waals surface area contributed by atoms with Crippen molar-refractivity contribution in [2.24, 2.45) is 0 Å². The number of rotatable bonds is 6. The van der Waals surface area contributed by atoms with Gasteiger partial charge in [0.05, 0.1) is 13.7 Å². The van der Waals surface area contributed by atoms with Crippen molar-refractivity contribution in [2.45, 2.75) is 13.1 Å². The van der Waals surface area contributed by atoms with E-state index in [0.717, 1.165) is 18.7 Å². The third-order valence-corrected chi connectivity index (χ3v) is 2.65. The van der Waals surface area contributed by atoms with Crippen molar-refractivity contribution in [1.29, 1.82) is 0 Å². The minimum Gasteiger partial charge on any atom is -0.504 e. The molecule has 0 radical (unpaired) electrons. The summed E-state index contributed by atoms with van der Waals surface area (Å²) in [7, 11) is 1.54. The van der Waals surface area contributed by atoms with Gasteiger partial charge in [-0.05, 0) is 23.8 Å². The first kappa shape index (κ1) is 12.4. The molecule has 0 saturated carbocycles. The topological polar surface area (TPSA) is 59.3 Å². The van der Waals surface area contributed by atoms with Crippen LogP contribution in [0.3, 0.4) is 0 Å². The molecule has 2 rings (SSSR count). The van der Waals surface area contributed by atoms with Crippen LogP contribution in [0.25, 0.3) is 0 Å². The van der Waals surface area contributed by atoms with Crippen LogP contribution < -0.4 is 10.1 Å². The average Bonchev–Trinajstić information content (AvgIpc) is 2.88. The van der Waals surface area contributed by atoms with E-state index in [-0.39, 0.29) is 5.75 Å². The standard InChI is InChI=1S/C13H17N3O2/c1-18-13-4-3-11(9-12(13)17)10-14-6-8-16-7-2-5-15-16/h2-5,7,9,14,17H,6,8,10H2,1H3. The monoisotopic (exact) mass is 247 g/mol. The smallest absolute Gasteiger partial charge is 0.160 e. The summed E-state index contributed by atoms with van der Waals surface area (Å²) >= 11 is 0. The zero-order valence-electron chi connectivity index (χ0n) is 10.3. The molecule has 1 aromatic heterocycles. The summed E-state index contributed by atoms with van der Waals surface area (Å²) < 4.78 is 6.87. The second kappa shape index (κ2) is 6.07. The Labute approximate surface area is 106 Å². The molecule has 0 amide bonds. The van der Waals surface area contributed by atoms with Crippen LogP contribution in [0.1, 0.15) is 5.56 Å². The summed E-state index contributed by atoms with van der Waals surface area (Å²) in [6.07, 6.45) is 3.70. The largest absolute Gasteiger partial charge is 0.504 e. The average molecular weight is 247 g/mol. The van der Waals surface area contributed by atoms with Crippen molar-refractivity contribution in [3.8, 4) is 11.5 Å². The zero-order valence-corrected chi connectivity index (χ0v) is 10.3. The maximum atomic E-state index is 9.63. The molecule has 5 nitrogen and oxygen atoms in total. The molecule has 2 aromatic rings. The molecule has 0 atom stereocenters. The summed E-state index contributed by atoms with van der Waals surface area (Å²) in [6, 6.07) is 7.31. The first-order valence-corrected chi connectivity index (χ1v) is 5.83. The first-order valence-electron chi connectivity index (χ1n) is 5.83. The lowest BCUT2D eigenvalue weighted by molar-refractivity contribution is 0.373. The van der Waals surface area contributed by atoms with Crippen LogP contribution in [0.4, 0.5) is 0 Å². The number of methoxy groups -OCH3 is 1.